The summed E-state index contributed by atoms with van der Waals surface area (Å²) in [6, 6.07) is 0. The Bertz CT molecular complexity index is 558. The first-order valence-corrected chi connectivity index (χ1v) is 6.67. The number of ether oxygens (including phenoxy) is 3. The summed E-state index contributed by atoms with van der Waals surface area (Å²) in [5.74, 6) is -0.342. The zero-order valence-corrected chi connectivity index (χ0v) is 12.6. The standard InChI is InChI=1S/C15H19NO5/c1-5-16-7-9-6-11(19-2)14(20-3)13(17)12(9)10(8-16)15(18)21-4/h6-7,14H,5,8H2,1-4H3. The first kappa shape index (κ1) is 15.3. The fourth-order valence-corrected chi connectivity index (χ4v) is 2.53. The summed E-state index contributed by atoms with van der Waals surface area (Å²) in [7, 11) is 4.23. The first-order valence-electron chi connectivity index (χ1n) is 6.67. The van der Waals surface area contributed by atoms with Crippen LogP contribution in [0.2, 0.25) is 0 Å². The predicted octanol–water partition coefficient (Wildman–Crippen LogP) is 0.803. The number of hydrogen-bond acceptors (Lipinski definition) is 6. The maximum absolute atomic E-state index is 12.6. The summed E-state index contributed by atoms with van der Waals surface area (Å²) in [6.45, 7) is 3.04. The summed E-state index contributed by atoms with van der Waals surface area (Å²) in [5.41, 5.74) is 1.37. The SMILES string of the molecule is CCN1C=C2C=C(OC)C(OC)C(=O)C2=C(C(=O)OC)C1. The van der Waals surface area contributed by atoms with E-state index in [0.29, 0.717) is 29.0 Å². The molecule has 6 nitrogen and oxygen atoms in total. The molecule has 0 radical (unpaired) electrons. The summed E-state index contributed by atoms with van der Waals surface area (Å²) < 4.78 is 15.2. The molecule has 1 aliphatic carbocycles. The molecule has 6 heteroatoms. The van der Waals surface area contributed by atoms with Crippen LogP contribution >= 0.6 is 0 Å². The molecule has 21 heavy (non-hydrogen) atoms. The van der Waals surface area contributed by atoms with Crippen LogP contribution in [-0.2, 0) is 23.8 Å². The van der Waals surface area contributed by atoms with Crippen LogP contribution < -0.4 is 0 Å². The number of esters is 1. The second-order valence-corrected chi connectivity index (χ2v) is 4.72. The van der Waals surface area contributed by atoms with Crippen molar-refractivity contribution in [3.63, 3.8) is 0 Å². The Balaban J connectivity index is 2.60. The van der Waals surface area contributed by atoms with Crippen LogP contribution in [0.5, 0.6) is 0 Å². The number of rotatable bonds is 4. The van der Waals surface area contributed by atoms with Crippen molar-refractivity contribution >= 4 is 11.8 Å². The van der Waals surface area contributed by atoms with Gasteiger partial charge >= 0.3 is 5.97 Å². The number of hydrogen-bond donors (Lipinski definition) is 0. The predicted molar refractivity (Wildman–Crippen MR) is 75.3 cm³/mol. The molecule has 0 saturated carbocycles. The van der Waals surface area contributed by atoms with Gasteiger partial charge in [0, 0.05) is 31.0 Å². The lowest BCUT2D eigenvalue weighted by Crippen LogP contribution is -2.38. The Labute approximate surface area is 123 Å². The molecule has 1 unspecified atom stereocenters. The number of ketones is 1. The maximum Gasteiger partial charge on any atom is 0.336 e. The van der Waals surface area contributed by atoms with Gasteiger partial charge in [0.15, 0.2) is 6.10 Å². The second kappa shape index (κ2) is 6.13. The minimum absolute atomic E-state index is 0.278. The lowest BCUT2D eigenvalue weighted by atomic mass is 9.85. The van der Waals surface area contributed by atoms with Gasteiger partial charge in [0.25, 0.3) is 0 Å². The number of likely N-dealkylation sites (N-methyl/N-ethyl adjacent to an activating group) is 1. The molecular formula is C15H19NO5. The van der Waals surface area contributed by atoms with Gasteiger partial charge in [-0.15, -0.1) is 0 Å². The van der Waals surface area contributed by atoms with E-state index in [9.17, 15) is 9.59 Å². The fourth-order valence-electron chi connectivity index (χ4n) is 2.53. The van der Waals surface area contributed by atoms with Gasteiger partial charge in [-0.2, -0.15) is 0 Å². The number of fused-ring (bicyclic) bond motifs is 1. The third-order valence-electron chi connectivity index (χ3n) is 3.62. The van der Waals surface area contributed by atoms with Crippen LogP contribution in [0, 0.1) is 0 Å². The van der Waals surface area contributed by atoms with E-state index in [0.717, 1.165) is 6.54 Å². The average Bonchev–Trinajstić information content (AvgIpc) is 2.52. The van der Waals surface area contributed by atoms with Crippen molar-refractivity contribution in [1.29, 1.82) is 0 Å². The van der Waals surface area contributed by atoms with Gasteiger partial charge in [-0.05, 0) is 13.0 Å². The topological polar surface area (TPSA) is 65.1 Å². The summed E-state index contributed by atoms with van der Waals surface area (Å²) in [6.07, 6.45) is 2.76. The molecule has 0 bridgehead atoms. The molecule has 0 aromatic rings. The Hall–Kier alpha value is -2.08. The molecule has 2 aliphatic rings. The Morgan fingerprint density at radius 3 is 2.62 bits per heavy atom. The number of carbonyl (C=O) groups excluding carboxylic acids is 2. The van der Waals surface area contributed by atoms with E-state index >= 15 is 0 Å². The highest BCUT2D eigenvalue weighted by Gasteiger charge is 2.38. The number of Topliss-reactive ketones (excluding diaryl/α,β-unsaturated/α-hetero) is 1. The van der Waals surface area contributed by atoms with Crippen LogP contribution in [0.15, 0.2) is 34.8 Å². The molecule has 0 spiro atoms. The van der Waals surface area contributed by atoms with Crippen molar-refractivity contribution in [2.45, 2.75) is 13.0 Å². The molecule has 0 amide bonds. The third-order valence-corrected chi connectivity index (χ3v) is 3.62. The maximum atomic E-state index is 12.6. The zero-order valence-electron chi connectivity index (χ0n) is 12.6. The van der Waals surface area contributed by atoms with Crippen molar-refractivity contribution in [3.05, 3.63) is 34.8 Å². The Morgan fingerprint density at radius 2 is 2.10 bits per heavy atom. The number of nitrogens with zero attached hydrogens (tertiary/aromatic N) is 1. The van der Waals surface area contributed by atoms with E-state index in [1.807, 2.05) is 18.0 Å². The fraction of sp³-hybridized carbons (Fsp3) is 0.467. The Kier molecular flexibility index (Phi) is 4.47. The quantitative estimate of drug-likeness (QED) is 0.715. The van der Waals surface area contributed by atoms with E-state index in [-0.39, 0.29) is 5.78 Å². The lowest BCUT2D eigenvalue weighted by molar-refractivity contribution is -0.137. The minimum Gasteiger partial charge on any atom is -0.498 e. The molecule has 1 atom stereocenters. The van der Waals surface area contributed by atoms with Crippen molar-refractivity contribution in [2.24, 2.45) is 0 Å². The highest BCUT2D eigenvalue weighted by Crippen LogP contribution is 2.33. The molecule has 0 aromatic carbocycles. The minimum atomic E-state index is -0.824. The molecule has 0 fully saturated rings. The summed E-state index contributed by atoms with van der Waals surface area (Å²) >= 11 is 0. The molecule has 0 aromatic heterocycles. The van der Waals surface area contributed by atoms with E-state index in [4.69, 9.17) is 14.2 Å². The molecule has 1 heterocycles. The molecule has 0 saturated heterocycles. The van der Waals surface area contributed by atoms with Crippen molar-refractivity contribution in [3.8, 4) is 0 Å². The van der Waals surface area contributed by atoms with Gasteiger partial charge in [-0.1, -0.05) is 0 Å². The monoisotopic (exact) mass is 293 g/mol. The number of methoxy groups -OCH3 is 3. The largest absolute Gasteiger partial charge is 0.498 e. The summed E-state index contributed by atoms with van der Waals surface area (Å²) in [5, 5.41) is 0. The second-order valence-electron chi connectivity index (χ2n) is 4.72. The Morgan fingerprint density at radius 1 is 1.38 bits per heavy atom. The van der Waals surface area contributed by atoms with Crippen LogP contribution in [0.3, 0.4) is 0 Å². The highest BCUT2D eigenvalue weighted by molar-refractivity contribution is 6.12. The van der Waals surface area contributed by atoms with Crippen LogP contribution in [-0.4, -0.2) is 57.2 Å². The molecule has 2 rings (SSSR count). The van der Waals surface area contributed by atoms with Crippen LogP contribution in [0.4, 0.5) is 0 Å². The normalized spacial score (nSPS) is 21.6. The van der Waals surface area contributed by atoms with E-state index in [2.05, 4.69) is 0 Å². The lowest BCUT2D eigenvalue weighted by Gasteiger charge is -2.32. The smallest absolute Gasteiger partial charge is 0.336 e. The highest BCUT2D eigenvalue weighted by atomic mass is 16.5. The summed E-state index contributed by atoms with van der Waals surface area (Å²) in [4.78, 5) is 26.6. The van der Waals surface area contributed by atoms with Crippen molar-refractivity contribution < 1.29 is 23.8 Å². The molecule has 1 aliphatic heterocycles. The molecule has 0 N–H and O–H groups in total. The van der Waals surface area contributed by atoms with Crippen LogP contribution in [0.25, 0.3) is 0 Å². The van der Waals surface area contributed by atoms with Gasteiger partial charge in [0.2, 0.25) is 5.78 Å². The van der Waals surface area contributed by atoms with Gasteiger partial charge in [-0.3, -0.25) is 4.79 Å². The molecule has 114 valence electrons. The van der Waals surface area contributed by atoms with Gasteiger partial charge < -0.3 is 19.1 Å². The number of allylic oxidation sites excluding steroid dienone is 2. The number of carbonyl (C=O) groups is 2. The third kappa shape index (κ3) is 2.58. The van der Waals surface area contributed by atoms with E-state index < -0.39 is 12.1 Å². The van der Waals surface area contributed by atoms with E-state index in [1.165, 1.54) is 21.3 Å². The van der Waals surface area contributed by atoms with Gasteiger partial charge in [0.05, 0.1) is 26.3 Å². The van der Waals surface area contributed by atoms with Crippen molar-refractivity contribution in [2.75, 3.05) is 34.4 Å². The first-order chi connectivity index (χ1) is 10.1. The van der Waals surface area contributed by atoms with Gasteiger partial charge in [-0.25, -0.2) is 4.79 Å². The van der Waals surface area contributed by atoms with E-state index in [1.54, 1.807) is 6.08 Å². The van der Waals surface area contributed by atoms with Crippen molar-refractivity contribution in [1.82, 2.24) is 4.90 Å². The average molecular weight is 293 g/mol. The van der Waals surface area contributed by atoms with Crippen LogP contribution in [0.1, 0.15) is 6.92 Å². The van der Waals surface area contributed by atoms with Gasteiger partial charge in [0.1, 0.15) is 5.76 Å². The molecular weight excluding hydrogens is 274 g/mol. The zero-order chi connectivity index (χ0) is 15.6.